The molecule has 2 aromatic rings. The van der Waals surface area contributed by atoms with Crippen molar-refractivity contribution < 1.29 is 23.1 Å². The molecule has 27 heavy (non-hydrogen) atoms. The molecule has 142 valence electrons. The first-order valence-electron chi connectivity index (χ1n) is 8.54. The van der Waals surface area contributed by atoms with Crippen LogP contribution in [0.2, 0.25) is 0 Å². The smallest absolute Gasteiger partial charge is 0.270 e. The summed E-state index contributed by atoms with van der Waals surface area (Å²) in [5.74, 6) is -1.75. The van der Waals surface area contributed by atoms with Crippen molar-refractivity contribution in [3.8, 4) is 5.75 Å². The number of anilines is 2. The largest absolute Gasteiger partial charge is 0.476 e. The summed E-state index contributed by atoms with van der Waals surface area (Å²) in [7, 11) is 0. The van der Waals surface area contributed by atoms with Crippen LogP contribution in [0.1, 0.15) is 25.8 Å². The average Bonchev–Trinajstić information content (AvgIpc) is 2.58. The van der Waals surface area contributed by atoms with Crippen molar-refractivity contribution in [3.63, 3.8) is 0 Å². The minimum absolute atomic E-state index is 0.0496. The van der Waals surface area contributed by atoms with Crippen LogP contribution in [-0.2, 0) is 9.59 Å². The predicted octanol–water partition coefficient (Wildman–Crippen LogP) is 3.81. The maximum absolute atomic E-state index is 13.7. The lowest BCUT2D eigenvalue weighted by atomic mass is 10.0. The second kappa shape index (κ2) is 6.98. The molecule has 1 aliphatic heterocycles. The zero-order valence-electron chi connectivity index (χ0n) is 15.3. The number of benzene rings is 2. The van der Waals surface area contributed by atoms with E-state index < -0.39 is 23.1 Å². The quantitative estimate of drug-likeness (QED) is 0.885. The molecule has 0 unspecified atom stereocenters. The van der Waals surface area contributed by atoms with Gasteiger partial charge in [-0.1, -0.05) is 6.07 Å². The van der Waals surface area contributed by atoms with Crippen LogP contribution >= 0.6 is 0 Å². The molecule has 7 heteroatoms. The monoisotopic (exact) mass is 374 g/mol. The third-order valence-electron chi connectivity index (χ3n) is 4.30. The van der Waals surface area contributed by atoms with E-state index in [9.17, 15) is 18.4 Å². The van der Waals surface area contributed by atoms with E-state index in [2.05, 4.69) is 5.32 Å². The second-order valence-electron chi connectivity index (χ2n) is 6.96. The lowest BCUT2D eigenvalue weighted by molar-refractivity contribution is -0.132. The molecule has 0 aliphatic carbocycles. The molecular formula is C20H20F2N2O3. The van der Waals surface area contributed by atoms with Crippen molar-refractivity contribution in [1.82, 2.24) is 0 Å². The molecule has 0 aromatic heterocycles. The third-order valence-corrected chi connectivity index (χ3v) is 4.30. The fraction of sp³-hybridized carbons (Fsp3) is 0.300. The van der Waals surface area contributed by atoms with Gasteiger partial charge >= 0.3 is 0 Å². The Hall–Kier alpha value is -2.96. The van der Waals surface area contributed by atoms with Gasteiger partial charge in [0.05, 0.1) is 11.4 Å². The number of carbonyl (C=O) groups excluding carboxylic acids is 2. The van der Waals surface area contributed by atoms with E-state index in [-0.39, 0.29) is 24.6 Å². The van der Waals surface area contributed by atoms with Crippen molar-refractivity contribution in [3.05, 3.63) is 53.6 Å². The molecule has 1 aliphatic rings. The molecule has 5 nitrogen and oxygen atoms in total. The number of nitrogens with zero attached hydrogens (tertiary/aromatic N) is 1. The molecule has 0 fully saturated rings. The van der Waals surface area contributed by atoms with Crippen molar-refractivity contribution in [2.24, 2.45) is 0 Å². The number of fused-ring (bicyclic) bond motifs is 1. The van der Waals surface area contributed by atoms with E-state index in [4.69, 9.17) is 4.74 Å². The van der Waals surface area contributed by atoms with E-state index >= 15 is 0 Å². The SMILES string of the molecule is Cc1ccc2c(c1)N(CCC(=O)Nc1ccc(F)cc1F)C(=O)C(C)(C)O2. The Morgan fingerprint density at radius 3 is 2.63 bits per heavy atom. The fourth-order valence-corrected chi connectivity index (χ4v) is 2.92. The molecular weight excluding hydrogens is 354 g/mol. The summed E-state index contributed by atoms with van der Waals surface area (Å²) in [5.41, 5.74) is 0.390. The number of rotatable bonds is 4. The zero-order chi connectivity index (χ0) is 19.8. The van der Waals surface area contributed by atoms with E-state index in [0.29, 0.717) is 17.5 Å². The van der Waals surface area contributed by atoms with Crippen LogP contribution in [-0.4, -0.2) is 24.0 Å². The maximum Gasteiger partial charge on any atom is 0.270 e. The molecule has 2 amide bonds. The van der Waals surface area contributed by atoms with Crippen LogP contribution in [0.5, 0.6) is 5.75 Å². The molecule has 0 saturated carbocycles. The number of halogens is 2. The molecule has 3 rings (SSSR count). The summed E-state index contributed by atoms with van der Waals surface area (Å²) in [6.07, 6.45) is -0.0496. The number of ether oxygens (including phenoxy) is 1. The van der Waals surface area contributed by atoms with Crippen LogP contribution in [0.4, 0.5) is 20.2 Å². The van der Waals surface area contributed by atoms with Gasteiger partial charge in [0.15, 0.2) is 5.60 Å². The average molecular weight is 374 g/mol. The topological polar surface area (TPSA) is 58.6 Å². The number of carbonyl (C=O) groups is 2. The highest BCUT2D eigenvalue weighted by molar-refractivity contribution is 6.03. The summed E-state index contributed by atoms with van der Waals surface area (Å²) in [4.78, 5) is 26.5. The normalized spacial score (nSPS) is 15.1. The molecule has 0 bridgehead atoms. The minimum atomic E-state index is -1.05. The predicted molar refractivity (Wildman–Crippen MR) is 97.8 cm³/mol. The summed E-state index contributed by atoms with van der Waals surface area (Å²) in [5, 5.41) is 2.40. The van der Waals surface area contributed by atoms with Crippen molar-refractivity contribution in [2.45, 2.75) is 32.8 Å². The highest BCUT2D eigenvalue weighted by atomic mass is 19.1. The van der Waals surface area contributed by atoms with Gasteiger partial charge in [0.1, 0.15) is 17.4 Å². The first-order chi connectivity index (χ1) is 12.7. The molecule has 0 saturated heterocycles. The Morgan fingerprint density at radius 2 is 1.93 bits per heavy atom. The van der Waals surface area contributed by atoms with Gasteiger partial charge in [-0.2, -0.15) is 0 Å². The highest BCUT2D eigenvalue weighted by Crippen LogP contribution is 2.38. The van der Waals surface area contributed by atoms with Crippen molar-refractivity contribution in [1.29, 1.82) is 0 Å². The lowest BCUT2D eigenvalue weighted by Crippen LogP contribution is -2.53. The van der Waals surface area contributed by atoms with E-state index in [1.165, 1.54) is 4.90 Å². The van der Waals surface area contributed by atoms with Crippen LogP contribution in [0, 0.1) is 18.6 Å². The summed E-state index contributed by atoms with van der Waals surface area (Å²) >= 11 is 0. The second-order valence-corrected chi connectivity index (χ2v) is 6.96. The first kappa shape index (κ1) is 18.8. The van der Waals surface area contributed by atoms with Crippen LogP contribution in [0.25, 0.3) is 0 Å². The van der Waals surface area contributed by atoms with Gasteiger partial charge in [-0.15, -0.1) is 0 Å². The Labute approximate surface area is 155 Å². The third kappa shape index (κ3) is 3.92. The molecule has 0 radical (unpaired) electrons. The molecule has 1 N–H and O–H groups in total. The molecule has 0 atom stereocenters. The number of hydrogen-bond acceptors (Lipinski definition) is 3. The highest BCUT2D eigenvalue weighted by Gasteiger charge is 2.40. The first-order valence-corrected chi connectivity index (χ1v) is 8.54. The molecule has 1 heterocycles. The summed E-state index contributed by atoms with van der Waals surface area (Å²) in [6.45, 7) is 5.33. The fourth-order valence-electron chi connectivity index (χ4n) is 2.92. The van der Waals surface area contributed by atoms with Gasteiger partial charge in [0, 0.05) is 19.0 Å². The molecule has 0 spiro atoms. The van der Waals surface area contributed by atoms with Crippen molar-refractivity contribution >= 4 is 23.2 Å². The lowest BCUT2D eigenvalue weighted by Gasteiger charge is -2.38. The van der Waals surface area contributed by atoms with Crippen molar-refractivity contribution in [2.75, 3.05) is 16.8 Å². The standard InChI is InChI=1S/C20H20F2N2O3/c1-12-4-7-17-16(10-12)24(19(26)20(2,3)27-17)9-8-18(25)23-15-6-5-13(21)11-14(15)22/h4-7,10-11H,8-9H2,1-3H3,(H,23,25). The van der Waals surface area contributed by atoms with Gasteiger partial charge < -0.3 is 15.0 Å². The maximum atomic E-state index is 13.7. The van der Waals surface area contributed by atoms with E-state index in [1.54, 1.807) is 19.9 Å². The van der Waals surface area contributed by atoms with Gasteiger partial charge in [0.25, 0.3) is 5.91 Å². The zero-order valence-corrected chi connectivity index (χ0v) is 15.3. The van der Waals surface area contributed by atoms with Crippen LogP contribution < -0.4 is 15.0 Å². The van der Waals surface area contributed by atoms with Crippen LogP contribution in [0.15, 0.2) is 36.4 Å². The summed E-state index contributed by atoms with van der Waals surface area (Å²) < 4.78 is 32.4. The van der Waals surface area contributed by atoms with E-state index in [0.717, 1.165) is 17.7 Å². The van der Waals surface area contributed by atoms with E-state index in [1.807, 2.05) is 19.1 Å². The summed E-state index contributed by atoms with van der Waals surface area (Å²) in [6, 6.07) is 8.41. The minimum Gasteiger partial charge on any atom is -0.476 e. The van der Waals surface area contributed by atoms with Gasteiger partial charge in [-0.05, 0) is 50.6 Å². The van der Waals surface area contributed by atoms with Gasteiger partial charge in [0.2, 0.25) is 5.91 Å². The van der Waals surface area contributed by atoms with Crippen LogP contribution in [0.3, 0.4) is 0 Å². The number of amides is 2. The number of aryl methyl sites for hydroxylation is 1. The molecule has 2 aromatic carbocycles. The Balaban J connectivity index is 1.75. The number of nitrogens with one attached hydrogen (secondary N) is 1. The number of hydrogen-bond donors (Lipinski definition) is 1. The van der Waals surface area contributed by atoms with Gasteiger partial charge in [-0.25, -0.2) is 8.78 Å². The van der Waals surface area contributed by atoms with Gasteiger partial charge in [-0.3, -0.25) is 9.59 Å². The Morgan fingerprint density at radius 1 is 1.19 bits per heavy atom. The Bertz CT molecular complexity index is 912. The Kier molecular flexibility index (Phi) is 4.87.